The summed E-state index contributed by atoms with van der Waals surface area (Å²) in [5, 5.41) is 11.8. The lowest BCUT2D eigenvalue weighted by Gasteiger charge is -2.30. The third-order valence-corrected chi connectivity index (χ3v) is 6.54. The van der Waals surface area contributed by atoms with E-state index in [9.17, 15) is 4.79 Å². The largest absolute Gasteiger partial charge is 0.484 e. The zero-order chi connectivity index (χ0) is 24.6. The minimum absolute atomic E-state index is 0.0499. The maximum Gasteiger partial charge on any atom is 0.262 e. The number of anilines is 3. The standard InChI is InChI=1S/C28H35N5O2/c1-4-32(5-2)24-7-6-8-25(19-24)35-20-28(34)29-23-11-9-22(10-12-23)26-13-14-27(31-30-26)33-17-15-21(3)16-18-33/h6-14,19,21H,4-5,15-18,20H2,1-3H3,(H,29,34). The van der Waals surface area contributed by atoms with Crippen LogP contribution >= 0.6 is 0 Å². The van der Waals surface area contributed by atoms with E-state index in [4.69, 9.17) is 4.74 Å². The van der Waals surface area contributed by atoms with Crippen LogP contribution in [0.4, 0.5) is 17.2 Å². The van der Waals surface area contributed by atoms with Crippen molar-refractivity contribution in [3.63, 3.8) is 0 Å². The van der Waals surface area contributed by atoms with E-state index in [2.05, 4.69) is 46.1 Å². The second-order valence-electron chi connectivity index (χ2n) is 9.03. The quantitative estimate of drug-likeness (QED) is 0.458. The van der Waals surface area contributed by atoms with Gasteiger partial charge in [0.05, 0.1) is 5.69 Å². The van der Waals surface area contributed by atoms with Gasteiger partial charge in [0.15, 0.2) is 12.4 Å². The molecule has 0 bridgehead atoms. The Morgan fingerprint density at radius 2 is 1.77 bits per heavy atom. The van der Waals surface area contributed by atoms with Gasteiger partial charge < -0.3 is 19.9 Å². The number of nitrogens with one attached hydrogen (secondary N) is 1. The highest BCUT2D eigenvalue weighted by atomic mass is 16.5. The lowest BCUT2D eigenvalue weighted by Crippen LogP contribution is -2.33. The lowest BCUT2D eigenvalue weighted by atomic mass is 9.99. The highest BCUT2D eigenvalue weighted by Gasteiger charge is 2.17. The van der Waals surface area contributed by atoms with Crippen LogP contribution in [0, 0.1) is 5.92 Å². The number of hydrogen-bond donors (Lipinski definition) is 1. The van der Waals surface area contributed by atoms with Gasteiger partial charge in [-0.1, -0.05) is 25.1 Å². The number of rotatable bonds is 9. The number of nitrogens with zero attached hydrogens (tertiary/aromatic N) is 4. The van der Waals surface area contributed by atoms with Gasteiger partial charge in [-0.2, -0.15) is 0 Å². The lowest BCUT2D eigenvalue weighted by molar-refractivity contribution is -0.118. The summed E-state index contributed by atoms with van der Waals surface area (Å²) in [7, 11) is 0. The van der Waals surface area contributed by atoms with Gasteiger partial charge in [0.25, 0.3) is 5.91 Å². The molecule has 1 N–H and O–H groups in total. The smallest absolute Gasteiger partial charge is 0.262 e. The molecule has 0 unspecified atom stereocenters. The predicted molar refractivity (Wildman–Crippen MR) is 142 cm³/mol. The number of aromatic nitrogens is 2. The number of amides is 1. The Labute approximate surface area is 208 Å². The summed E-state index contributed by atoms with van der Waals surface area (Å²) in [6, 6.07) is 19.5. The second kappa shape index (κ2) is 11.7. The topological polar surface area (TPSA) is 70.6 Å². The third-order valence-electron chi connectivity index (χ3n) is 6.54. The fourth-order valence-electron chi connectivity index (χ4n) is 4.31. The number of ether oxygens (including phenoxy) is 1. The summed E-state index contributed by atoms with van der Waals surface area (Å²) in [6.45, 7) is 10.4. The van der Waals surface area contributed by atoms with Crippen molar-refractivity contribution in [2.75, 3.05) is 47.9 Å². The number of hydrogen-bond acceptors (Lipinski definition) is 6. The Morgan fingerprint density at radius 3 is 2.43 bits per heavy atom. The van der Waals surface area contributed by atoms with Crippen molar-refractivity contribution in [1.29, 1.82) is 0 Å². The summed E-state index contributed by atoms with van der Waals surface area (Å²) in [4.78, 5) is 16.9. The Balaban J connectivity index is 1.30. The molecular weight excluding hydrogens is 438 g/mol. The molecule has 3 aromatic rings. The van der Waals surface area contributed by atoms with Crippen LogP contribution in [0.5, 0.6) is 5.75 Å². The molecule has 1 aliphatic heterocycles. The molecule has 7 heteroatoms. The van der Waals surface area contributed by atoms with Crippen molar-refractivity contribution in [1.82, 2.24) is 10.2 Å². The van der Waals surface area contributed by atoms with Gasteiger partial charge in [-0.25, -0.2) is 0 Å². The Bertz CT molecular complexity index is 1090. The van der Waals surface area contributed by atoms with E-state index in [0.29, 0.717) is 11.4 Å². The van der Waals surface area contributed by atoms with Crippen molar-refractivity contribution in [2.24, 2.45) is 5.92 Å². The Morgan fingerprint density at radius 1 is 1.03 bits per heavy atom. The Kier molecular flexibility index (Phi) is 8.19. The van der Waals surface area contributed by atoms with Gasteiger partial charge >= 0.3 is 0 Å². The number of benzene rings is 2. The highest BCUT2D eigenvalue weighted by Crippen LogP contribution is 2.24. The fourth-order valence-corrected chi connectivity index (χ4v) is 4.31. The molecule has 1 aromatic heterocycles. The molecular formula is C28H35N5O2. The normalized spacial score (nSPS) is 14.0. The molecule has 35 heavy (non-hydrogen) atoms. The van der Waals surface area contributed by atoms with E-state index >= 15 is 0 Å². The number of carbonyl (C=O) groups excluding carboxylic acids is 1. The maximum atomic E-state index is 12.4. The van der Waals surface area contributed by atoms with Crippen molar-refractivity contribution in [3.8, 4) is 17.0 Å². The van der Waals surface area contributed by atoms with Crippen LogP contribution in [0.25, 0.3) is 11.3 Å². The molecule has 0 aliphatic carbocycles. The maximum absolute atomic E-state index is 12.4. The molecule has 4 rings (SSSR count). The summed E-state index contributed by atoms with van der Waals surface area (Å²) >= 11 is 0. The monoisotopic (exact) mass is 473 g/mol. The van der Waals surface area contributed by atoms with Crippen molar-refractivity contribution < 1.29 is 9.53 Å². The van der Waals surface area contributed by atoms with Gasteiger partial charge in [0.1, 0.15) is 5.75 Å². The molecule has 0 atom stereocenters. The molecule has 7 nitrogen and oxygen atoms in total. The average Bonchev–Trinajstić information content (AvgIpc) is 2.90. The Hall–Kier alpha value is -3.61. The zero-order valence-electron chi connectivity index (χ0n) is 20.9. The fraction of sp³-hybridized carbons (Fsp3) is 0.393. The van der Waals surface area contributed by atoms with E-state index < -0.39 is 0 Å². The van der Waals surface area contributed by atoms with Gasteiger partial charge in [-0.3, -0.25) is 4.79 Å². The molecule has 0 saturated carbocycles. The molecule has 2 heterocycles. The van der Waals surface area contributed by atoms with E-state index in [-0.39, 0.29) is 12.5 Å². The molecule has 184 valence electrons. The van der Waals surface area contributed by atoms with Gasteiger partial charge in [0, 0.05) is 49.2 Å². The average molecular weight is 474 g/mol. The summed E-state index contributed by atoms with van der Waals surface area (Å²) < 4.78 is 5.72. The summed E-state index contributed by atoms with van der Waals surface area (Å²) in [6.07, 6.45) is 2.40. The van der Waals surface area contributed by atoms with Gasteiger partial charge in [0.2, 0.25) is 0 Å². The first kappa shape index (κ1) is 24.5. The predicted octanol–water partition coefficient (Wildman–Crippen LogP) is 5.24. The van der Waals surface area contributed by atoms with Crippen LogP contribution in [0.15, 0.2) is 60.7 Å². The van der Waals surface area contributed by atoms with Crippen LogP contribution in [0.2, 0.25) is 0 Å². The molecule has 0 radical (unpaired) electrons. The van der Waals surface area contributed by atoms with Gasteiger partial charge in [-0.15, -0.1) is 10.2 Å². The minimum Gasteiger partial charge on any atom is -0.484 e. The highest BCUT2D eigenvalue weighted by molar-refractivity contribution is 5.92. The van der Waals surface area contributed by atoms with Crippen LogP contribution < -0.4 is 19.9 Å². The molecule has 1 fully saturated rings. The van der Waals surface area contributed by atoms with Crippen molar-refractivity contribution >= 4 is 23.1 Å². The first-order valence-corrected chi connectivity index (χ1v) is 12.5. The van der Waals surface area contributed by atoms with E-state index in [1.54, 1.807) is 0 Å². The van der Waals surface area contributed by atoms with Crippen LogP contribution in [0.3, 0.4) is 0 Å². The van der Waals surface area contributed by atoms with Crippen LogP contribution in [-0.4, -0.2) is 48.9 Å². The van der Waals surface area contributed by atoms with E-state index in [1.807, 2.05) is 60.7 Å². The minimum atomic E-state index is -0.203. The van der Waals surface area contributed by atoms with Crippen molar-refractivity contribution in [3.05, 3.63) is 60.7 Å². The first-order chi connectivity index (χ1) is 17.1. The van der Waals surface area contributed by atoms with E-state index in [1.165, 1.54) is 12.8 Å². The van der Waals surface area contributed by atoms with Crippen LogP contribution in [0.1, 0.15) is 33.6 Å². The molecule has 1 aliphatic rings. The van der Waals surface area contributed by atoms with Gasteiger partial charge in [-0.05, 0) is 69.0 Å². The molecule has 1 amide bonds. The zero-order valence-corrected chi connectivity index (χ0v) is 20.9. The van der Waals surface area contributed by atoms with E-state index in [0.717, 1.165) is 54.9 Å². The first-order valence-electron chi connectivity index (χ1n) is 12.5. The summed E-state index contributed by atoms with van der Waals surface area (Å²) in [5.74, 6) is 2.20. The number of piperidine rings is 1. The molecule has 0 spiro atoms. The third kappa shape index (κ3) is 6.50. The SMILES string of the molecule is CCN(CC)c1cccc(OCC(=O)Nc2ccc(-c3ccc(N4CCC(C)CC4)nn3)cc2)c1. The number of carbonyl (C=O) groups is 1. The molecule has 2 aromatic carbocycles. The molecule has 1 saturated heterocycles. The second-order valence-corrected chi connectivity index (χ2v) is 9.03. The van der Waals surface area contributed by atoms with Crippen molar-refractivity contribution in [2.45, 2.75) is 33.6 Å². The summed E-state index contributed by atoms with van der Waals surface area (Å²) in [5.41, 5.74) is 3.57. The van der Waals surface area contributed by atoms with Crippen LogP contribution in [-0.2, 0) is 4.79 Å².